The SMILES string of the molecule is N/C(=N/[N+](=O)[O-])NCCC[C@@H](NC(=O)COc1ccc(Cl)cc1Cl)C(=O)O. The Hall–Kier alpha value is -2.79. The van der Waals surface area contributed by atoms with Crippen molar-refractivity contribution in [3.05, 3.63) is 38.4 Å². The Morgan fingerprint density at radius 3 is 2.70 bits per heavy atom. The highest BCUT2D eigenvalue weighted by Gasteiger charge is 2.20. The van der Waals surface area contributed by atoms with Gasteiger partial charge in [-0.1, -0.05) is 23.2 Å². The number of hydrogen-bond acceptors (Lipinski definition) is 5. The summed E-state index contributed by atoms with van der Waals surface area (Å²) in [5.74, 6) is -2.06. The van der Waals surface area contributed by atoms with Crippen LogP contribution in [-0.2, 0) is 9.59 Å². The van der Waals surface area contributed by atoms with Crippen molar-refractivity contribution < 1.29 is 24.5 Å². The van der Waals surface area contributed by atoms with E-state index in [1.165, 1.54) is 18.2 Å². The summed E-state index contributed by atoms with van der Waals surface area (Å²) in [6.45, 7) is -0.300. The smallest absolute Gasteiger partial charge is 0.326 e. The van der Waals surface area contributed by atoms with Crippen LogP contribution in [0.2, 0.25) is 10.0 Å². The van der Waals surface area contributed by atoms with E-state index in [-0.39, 0.29) is 30.2 Å². The Balaban J connectivity index is 2.43. The largest absolute Gasteiger partial charge is 0.482 e. The number of hydrogen-bond donors (Lipinski definition) is 4. The first-order valence-corrected chi connectivity index (χ1v) is 8.27. The Morgan fingerprint density at radius 2 is 2.11 bits per heavy atom. The second kappa shape index (κ2) is 11.0. The van der Waals surface area contributed by atoms with Gasteiger partial charge in [0, 0.05) is 11.6 Å². The number of carbonyl (C=O) groups excluding carboxylic acids is 1. The number of nitrogens with one attached hydrogen (secondary N) is 2. The topological polar surface area (TPSA) is 169 Å². The molecule has 0 saturated heterocycles. The maximum Gasteiger partial charge on any atom is 0.326 e. The predicted molar refractivity (Wildman–Crippen MR) is 97.4 cm³/mol. The van der Waals surface area contributed by atoms with Gasteiger partial charge in [0.1, 0.15) is 16.9 Å². The lowest BCUT2D eigenvalue weighted by Gasteiger charge is -2.15. The molecule has 148 valence electrons. The number of benzene rings is 1. The number of ether oxygens (including phenoxy) is 1. The molecular formula is C14H17Cl2N5O6. The number of rotatable bonds is 10. The molecule has 1 aromatic carbocycles. The fraction of sp³-hybridized carbons (Fsp3) is 0.357. The molecule has 5 N–H and O–H groups in total. The zero-order chi connectivity index (χ0) is 20.4. The van der Waals surface area contributed by atoms with Crippen LogP contribution in [0.1, 0.15) is 12.8 Å². The molecule has 0 aliphatic rings. The predicted octanol–water partition coefficient (Wildman–Crippen LogP) is 0.818. The van der Waals surface area contributed by atoms with Gasteiger partial charge in [-0.2, -0.15) is 0 Å². The monoisotopic (exact) mass is 421 g/mol. The van der Waals surface area contributed by atoms with E-state index in [1.807, 2.05) is 0 Å². The van der Waals surface area contributed by atoms with Crippen molar-refractivity contribution in [2.45, 2.75) is 18.9 Å². The lowest BCUT2D eigenvalue weighted by molar-refractivity contribution is -0.485. The molecule has 0 radical (unpaired) electrons. The molecule has 0 aromatic heterocycles. The van der Waals surface area contributed by atoms with Crippen molar-refractivity contribution in [1.82, 2.24) is 10.6 Å². The molecule has 13 heteroatoms. The molecule has 1 aromatic rings. The van der Waals surface area contributed by atoms with E-state index in [0.717, 1.165) is 0 Å². The van der Waals surface area contributed by atoms with Crippen LogP contribution in [0.3, 0.4) is 0 Å². The maximum atomic E-state index is 11.9. The summed E-state index contributed by atoms with van der Waals surface area (Å²) >= 11 is 11.7. The van der Waals surface area contributed by atoms with Gasteiger partial charge >= 0.3 is 5.97 Å². The van der Waals surface area contributed by atoms with Crippen LogP contribution >= 0.6 is 23.2 Å². The number of aliphatic carboxylic acids is 1. The second-order valence-corrected chi connectivity index (χ2v) is 5.96. The van der Waals surface area contributed by atoms with Crippen LogP contribution in [0.5, 0.6) is 5.75 Å². The van der Waals surface area contributed by atoms with Gasteiger partial charge in [-0.05, 0) is 31.0 Å². The highest BCUT2D eigenvalue weighted by molar-refractivity contribution is 6.35. The fourth-order valence-electron chi connectivity index (χ4n) is 1.87. The van der Waals surface area contributed by atoms with Gasteiger partial charge in [0.15, 0.2) is 11.6 Å². The number of nitrogens with two attached hydrogens (primary N) is 1. The van der Waals surface area contributed by atoms with E-state index >= 15 is 0 Å². The van der Waals surface area contributed by atoms with Crippen molar-refractivity contribution in [2.24, 2.45) is 10.8 Å². The van der Waals surface area contributed by atoms with Crippen LogP contribution in [-0.4, -0.2) is 47.2 Å². The molecule has 1 rings (SSSR count). The average molecular weight is 422 g/mol. The Morgan fingerprint density at radius 1 is 1.41 bits per heavy atom. The van der Waals surface area contributed by atoms with Crippen LogP contribution < -0.4 is 21.1 Å². The van der Waals surface area contributed by atoms with Crippen molar-refractivity contribution in [3.63, 3.8) is 0 Å². The Bertz CT molecular complexity index is 730. The third kappa shape index (κ3) is 8.92. The van der Waals surface area contributed by atoms with Crippen molar-refractivity contribution >= 4 is 41.0 Å². The summed E-state index contributed by atoms with van der Waals surface area (Å²) in [5, 5.41) is 26.5. The van der Waals surface area contributed by atoms with E-state index in [0.29, 0.717) is 5.02 Å². The lowest BCUT2D eigenvalue weighted by Crippen LogP contribution is -2.43. The first-order chi connectivity index (χ1) is 12.7. The first kappa shape index (κ1) is 22.3. The summed E-state index contributed by atoms with van der Waals surface area (Å²) in [6, 6.07) is 3.28. The van der Waals surface area contributed by atoms with Gasteiger partial charge in [-0.3, -0.25) is 4.79 Å². The van der Waals surface area contributed by atoms with Crippen molar-refractivity contribution in [3.8, 4) is 5.75 Å². The fourth-order valence-corrected chi connectivity index (χ4v) is 2.34. The Labute approximate surface area is 163 Å². The van der Waals surface area contributed by atoms with Gasteiger partial charge in [0.05, 0.1) is 5.02 Å². The average Bonchev–Trinajstić information content (AvgIpc) is 2.55. The normalized spacial score (nSPS) is 12.1. The molecule has 0 saturated carbocycles. The third-order valence-electron chi connectivity index (χ3n) is 3.05. The van der Waals surface area contributed by atoms with Crippen LogP contribution in [0.4, 0.5) is 0 Å². The standard InChI is InChI=1S/C14H17Cl2N5O6/c15-8-3-4-11(9(16)6-8)27-7-12(22)19-10(13(23)24)2-1-5-18-14(17)20-21(25)26/h3-4,6,10H,1-2,5,7H2,(H,19,22)(H,23,24)(H3,17,18,20)/t10-/m1/s1. The molecule has 11 nitrogen and oxygen atoms in total. The second-order valence-electron chi connectivity index (χ2n) is 5.11. The molecule has 0 spiro atoms. The number of nitro groups is 1. The van der Waals surface area contributed by atoms with Gasteiger partial charge in [0.25, 0.3) is 11.9 Å². The third-order valence-corrected chi connectivity index (χ3v) is 3.58. The zero-order valence-electron chi connectivity index (χ0n) is 13.9. The number of nitrogens with zero attached hydrogens (tertiary/aromatic N) is 2. The molecule has 0 bridgehead atoms. The summed E-state index contributed by atoms with van der Waals surface area (Å²) in [4.78, 5) is 33.2. The molecule has 0 aliphatic carbocycles. The number of amides is 1. The molecule has 27 heavy (non-hydrogen) atoms. The van der Waals surface area contributed by atoms with E-state index in [9.17, 15) is 19.7 Å². The number of carboxylic acids is 1. The molecule has 0 fully saturated rings. The quantitative estimate of drug-likeness (QED) is 0.141. The molecule has 0 aliphatic heterocycles. The summed E-state index contributed by atoms with van der Waals surface area (Å²) in [7, 11) is 0. The number of carbonyl (C=O) groups is 2. The van der Waals surface area contributed by atoms with Gasteiger partial charge in [-0.25, -0.2) is 14.9 Å². The number of carboxylic acid groups (broad SMARTS) is 1. The van der Waals surface area contributed by atoms with Gasteiger partial charge in [-0.15, -0.1) is 0 Å². The molecule has 0 heterocycles. The van der Waals surface area contributed by atoms with E-state index in [4.69, 9.17) is 38.8 Å². The Kier molecular flexibility index (Phi) is 9.09. The van der Waals surface area contributed by atoms with Crippen LogP contribution in [0.15, 0.2) is 23.3 Å². The number of halogens is 2. The van der Waals surface area contributed by atoms with E-state index in [1.54, 1.807) is 0 Å². The minimum absolute atomic E-state index is 0.0571. The molecule has 1 amide bonds. The highest BCUT2D eigenvalue weighted by atomic mass is 35.5. The first-order valence-electron chi connectivity index (χ1n) is 7.51. The van der Waals surface area contributed by atoms with Gasteiger partial charge in [0.2, 0.25) is 0 Å². The van der Waals surface area contributed by atoms with Crippen molar-refractivity contribution in [2.75, 3.05) is 13.2 Å². The molecule has 0 unspecified atom stereocenters. The van der Waals surface area contributed by atoms with Crippen LogP contribution in [0, 0.1) is 10.1 Å². The number of guanidine groups is 1. The summed E-state index contributed by atoms with van der Waals surface area (Å²) < 4.78 is 5.22. The minimum Gasteiger partial charge on any atom is -0.482 e. The van der Waals surface area contributed by atoms with Crippen LogP contribution in [0.25, 0.3) is 0 Å². The van der Waals surface area contributed by atoms with Gasteiger partial charge < -0.3 is 26.2 Å². The highest BCUT2D eigenvalue weighted by Crippen LogP contribution is 2.27. The van der Waals surface area contributed by atoms with E-state index < -0.39 is 35.5 Å². The minimum atomic E-state index is -1.24. The molecular weight excluding hydrogens is 405 g/mol. The molecule has 1 atom stereocenters. The number of hydrazone groups is 1. The summed E-state index contributed by atoms with van der Waals surface area (Å²) in [6.07, 6.45) is 0.316. The lowest BCUT2D eigenvalue weighted by atomic mass is 10.1. The maximum absolute atomic E-state index is 11.9. The van der Waals surface area contributed by atoms with Crippen molar-refractivity contribution in [1.29, 1.82) is 0 Å². The van der Waals surface area contributed by atoms with E-state index in [2.05, 4.69) is 15.7 Å². The summed E-state index contributed by atoms with van der Waals surface area (Å²) in [5.41, 5.74) is 5.22. The zero-order valence-corrected chi connectivity index (χ0v) is 15.4.